The summed E-state index contributed by atoms with van der Waals surface area (Å²) in [5, 5.41) is 31.8. The third kappa shape index (κ3) is 19.3. The van der Waals surface area contributed by atoms with Crippen LogP contribution in [0.15, 0.2) is 111 Å². The lowest BCUT2D eigenvalue weighted by Gasteiger charge is -2.29. The first-order chi connectivity index (χ1) is 44.2. The van der Waals surface area contributed by atoms with E-state index in [1.54, 1.807) is 6.20 Å². The Morgan fingerprint density at radius 2 is 0.652 bits per heavy atom. The van der Waals surface area contributed by atoms with Gasteiger partial charge in [-0.1, -0.05) is 90.1 Å². The molecule has 0 saturated heterocycles. The molecule has 8 rings (SSSR count). The maximum absolute atomic E-state index is 14.8. The number of imidazole rings is 5. The van der Waals surface area contributed by atoms with Crippen LogP contribution >= 0.6 is 0 Å². The molecule has 5 heterocycles. The van der Waals surface area contributed by atoms with Crippen LogP contribution in [0.25, 0.3) is 11.1 Å². The predicted molar refractivity (Wildman–Crippen MR) is 333 cm³/mol. The molecule has 29 heteroatoms. The van der Waals surface area contributed by atoms with E-state index in [1.807, 2.05) is 90.1 Å². The zero-order valence-electron chi connectivity index (χ0n) is 52.0. The lowest BCUT2D eigenvalue weighted by Crippen LogP contribution is -2.61. The van der Waals surface area contributed by atoms with E-state index in [4.69, 9.17) is 4.74 Å². The van der Waals surface area contributed by atoms with Gasteiger partial charge < -0.3 is 77.3 Å². The average molecular weight is 1270 g/mol. The number of hydrogen-bond donors (Lipinski definition) is 14. The summed E-state index contributed by atoms with van der Waals surface area (Å²) in [6, 6.07) is 4.94. The standard InChI is InChI=1S/C63H80N18O11/c1-34(2)15-47(55(82)74-48(16-35(3)4)56(83)76-51(19-38-24-65-30-70-38)59(86)79-53(21-40-26-67-32-72-40)61(88)80-54(62(89)90)22-41-27-68-33-73-41)75-58(85)50(18-37-23-64-29-69-37)78-60(87)52(20-39-25-66-31-71-39)77-57(84)49(17-36(5)6)81-63(91)92-28-46-44-13-9-7-11-42(44)43-12-8-10-14-45(43)46/h7-14,23-27,29-36,46-54H,15-22,28H2,1-6H3,(H,64,69)(H,65,70)(H,66,71)(H,67,72)(H,68,73)(H,74,82)(H,75,85)(H,76,83)(H,77,84)(H,78,87)(H,79,86)(H,80,88)(H,81,91)(H,89,90)/t47-,48-,49-,50-,51-,52-,53-,54-/m0/s1. The van der Waals surface area contributed by atoms with Crippen LogP contribution in [0.1, 0.15) is 106 Å². The van der Waals surface area contributed by atoms with Crippen molar-refractivity contribution in [1.82, 2.24) is 92.4 Å². The third-order valence-electron chi connectivity index (χ3n) is 15.3. The molecule has 7 aromatic rings. The first-order valence-electron chi connectivity index (χ1n) is 30.5. The van der Waals surface area contributed by atoms with Crippen LogP contribution in [0.4, 0.5) is 4.79 Å². The Bertz CT molecular complexity index is 3510. The molecule has 1 aliphatic carbocycles. The number of carboxylic acid groups (broad SMARTS) is 1. The first-order valence-corrected chi connectivity index (χ1v) is 30.5. The van der Waals surface area contributed by atoms with E-state index in [-0.39, 0.29) is 81.6 Å². The molecule has 2 aromatic carbocycles. The molecule has 0 spiro atoms. The van der Waals surface area contributed by atoms with E-state index in [0.29, 0.717) is 28.5 Å². The topological polar surface area (TPSA) is 423 Å². The number of nitrogens with zero attached hydrogens (tertiary/aromatic N) is 5. The number of aliphatic carboxylic acids is 1. The fourth-order valence-electron chi connectivity index (χ4n) is 10.9. The van der Waals surface area contributed by atoms with Crippen molar-refractivity contribution in [3.05, 3.63) is 151 Å². The zero-order valence-corrected chi connectivity index (χ0v) is 52.0. The van der Waals surface area contributed by atoms with Crippen molar-refractivity contribution in [2.24, 2.45) is 17.8 Å². The van der Waals surface area contributed by atoms with Gasteiger partial charge in [-0.15, -0.1) is 0 Å². The highest BCUT2D eigenvalue weighted by molar-refractivity contribution is 5.98. The average Bonchev–Trinajstić information content (AvgIpc) is 1.63. The molecule has 8 atom stereocenters. The Morgan fingerprint density at radius 1 is 0.391 bits per heavy atom. The number of rotatable bonds is 34. The number of carboxylic acids is 1. The molecular weight excluding hydrogens is 1180 g/mol. The summed E-state index contributed by atoms with van der Waals surface area (Å²) in [7, 11) is 0. The lowest BCUT2D eigenvalue weighted by atomic mass is 9.98. The quantitative estimate of drug-likeness (QED) is 0.0275. The summed E-state index contributed by atoms with van der Waals surface area (Å²) in [5.41, 5.74) is 5.91. The molecule has 5 aromatic heterocycles. The van der Waals surface area contributed by atoms with E-state index in [2.05, 4.69) is 92.4 Å². The van der Waals surface area contributed by atoms with Crippen molar-refractivity contribution in [3.8, 4) is 11.1 Å². The number of aromatic nitrogens is 10. The molecule has 1 aliphatic rings. The van der Waals surface area contributed by atoms with E-state index < -0.39 is 102 Å². The van der Waals surface area contributed by atoms with Gasteiger partial charge in [0.1, 0.15) is 54.9 Å². The number of alkyl carbamates (subject to hydrolysis) is 1. The number of carbonyl (C=O) groups excluding carboxylic acids is 8. The van der Waals surface area contributed by atoms with Gasteiger partial charge in [0.2, 0.25) is 41.4 Å². The highest BCUT2D eigenvalue weighted by Crippen LogP contribution is 2.44. The fourth-order valence-corrected chi connectivity index (χ4v) is 10.9. The van der Waals surface area contributed by atoms with Crippen molar-refractivity contribution in [2.45, 2.75) is 147 Å². The number of nitrogens with one attached hydrogen (secondary N) is 13. The number of carbonyl (C=O) groups is 9. The van der Waals surface area contributed by atoms with Gasteiger partial charge in [0.05, 0.1) is 60.1 Å². The second-order valence-electron chi connectivity index (χ2n) is 24.0. The summed E-state index contributed by atoms with van der Waals surface area (Å²) >= 11 is 0. The highest BCUT2D eigenvalue weighted by Gasteiger charge is 2.37. The zero-order chi connectivity index (χ0) is 65.8. The maximum Gasteiger partial charge on any atom is 0.407 e. The SMILES string of the molecule is CC(C)C[C@H](NC(=O)OCC1c2ccccc2-c2ccccc21)C(=O)N[C@@H](Cc1c[nH]cn1)C(=O)N[C@@H](Cc1c[nH]cn1)C(=O)N[C@@H](CC(C)C)C(=O)N[C@@H](CC(C)C)C(=O)N[C@@H](Cc1c[nH]cn1)C(=O)N[C@@H](Cc1c[nH]cn1)C(=O)N[C@@H](Cc1c[nH]cn1)C(=O)O. The highest BCUT2D eigenvalue weighted by atomic mass is 16.5. The second kappa shape index (κ2) is 32.3. The van der Waals surface area contributed by atoms with Crippen LogP contribution < -0.4 is 42.5 Å². The number of amides is 8. The first kappa shape index (κ1) is 67.5. The number of aromatic amines is 5. The molecule has 0 radical (unpaired) electrons. The van der Waals surface area contributed by atoms with Crippen molar-refractivity contribution in [3.63, 3.8) is 0 Å². The molecule has 0 saturated carbocycles. The number of ether oxygens (including phenoxy) is 1. The largest absolute Gasteiger partial charge is 0.480 e. The minimum Gasteiger partial charge on any atom is -0.480 e. The van der Waals surface area contributed by atoms with Gasteiger partial charge in [0, 0.05) is 69.0 Å². The Morgan fingerprint density at radius 3 is 0.935 bits per heavy atom. The smallest absolute Gasteiger partial charge is 0.407 e. The molecule has 0 aliphatic heterocycles. The van der Waals surface area contributed by atoms with Crippen molar-refractivity contribution in [2.75, 3.05) is 6.61 Å². The summed E-state index contributed by atoms with van der Waals surface area (Å²) in [6.07, 6.45) is 13.0. The van der Waals surface area contributed by atoms with Crippen molar-refractivity contribution < 1.29 is 53.0 Å². The van der Waals surface area contributed by atoms with E-state index in [9.17, 15) is 48.3 Å². The minimum absolute atomic E-state index is 0.00410. The van der Waals surface area contributed by atoms with Gasteiger partial charge in [-0.25, -0.2) is 34.5 Å². The number of fused-ring (bicyclic) bond motifs is 3. The van der Waals surface area contributed by atoms with Crippen molar-refractivity contribution in [1.29, 1.82) is 0 Å². The molecule has 0 unspecified atom stereocenters. The van der Waals surface area contributed by atoms with Crippen molar-refractivity contribution >= 4 is 53.4 Å². The molecule has 0 bridgehead atoms. The summed E-state index contributed by atoms with van der Waals surface area (Å²) in [5.74, 6) is -7.76. The van der Waals surface area contributed by atoms with E-state index >= 15 is 0 Å². The van der Waals surface area contributed by atoms with Gasteiger partial charge in [0.15, 0.2) is 0 Å². The van der Waals surface area contributed by atoms with Gasteiger partial charge in [-0.3, -0.25) is 33.6 Å². The van der Waals surface area contributed by atoms with E-state index in [0.717, 1.165) is 22.3 Å². The fraction of sp³-hybridized carbons (Fsp3) is 0.429. The monoisotopic (exact) mass is 1260 g/mol. The van der Waals surface area contributed by atoms with Crippen LogP contribution in [0.5, 0.6) is 0 Å². The van der Waals surface area contributed by atoms with Crippen LogP contribution in [0.2, 0.25) is 0 Å². The van der Waals surface area contributed by atoms with Gasteiger partial charge in [-0.05, 0) is 59.3 Å². The van der Waals surface area contributed by atoms with Crippen LogP contribution in [-0.4, -0.2) is 163 Å². The molecule has 488 valence electrons. The lowest BCUT2D eigenvalue weighted by molar-refractivity contribution is -0.142. The number of benzene rings is 2. The molecule has 8 amide bonds. The molecular formula is C63H80N18O11. The van der Waals surface area contributed by atoms with Crippen LogP contribution in [0.3, 0.4) is 0 Å². The second-order valence-corrected chi connectivity index (χ2v) is 24.0. The maximum atomic E-state index is 14.8. The Kier molecular flexibility index (Phi) is 23.7. The van der Waals surface area contributed by atoms with Crippen LogP contribution in [-0.2, 0) is 75.2 Å². The Balaban J connectivity index is 0.966. The summed E-state index contributed by atoms with van der Waals surface area (Å²) in [4.78, 5) is 163. The predicted octanol–water partition coefficient (Wildman–Crippen LogP) is 2.34. The van der Waals surface area contributed by atoms with E-state index in [1.165, 1.54) is 56.4 Å². The normalized spacial score (nSPS) is 14.5. The Hall–Kier alpha value is -10.5. The molecule has 14 N–H and O–H groups in total. The molecule has 29 nitrogen and oxygen atoms in total. The Labute approximate surface area is 530 Å². The minimum atomic E-state index is -1.44. The van der Waals surface area contributed by atoms with Gasteiger partial charge >= 0.3 is 12.1 Å². The molecule has 92 heavy (non-hydrogen) atoms. The molecule has 0 fully saturated rings. The summed E-state index contributed by atoms with van der Waals surface area (Å²) in [6.45, 7) is 11.0. The van der Waals surface area contributed by atoms with Crippen LogP contribution in [0, 0.1) is 17.8 Å². The summed E-state index contributed by atoms with van der Waals surface area (Å²) < 4.78 is 5.82. The third-order valence-corrected chi connectivity index (χ3v) is 15.3. The van der Waals surface area contributed by atoms with Gasteiger partial charge in [-0.2, -0.15) is 0 Å². The number of hydrogen-bond acceptors (Lipinski definition) is 15. The van der Waals surface area contributed by atoms with Gasteiger partial charge in [0.25, 0.3) is 0 Å². The number of H-pyrrole nitrogens is 5.